The van der Waals surface area contributed by atoms with Gasteiger partial charge in [-0.25, -0.2) is 5.01 Å². The molecular formula is C5H9N2OP. The van der Waals surface area contributed by atoms with E-state index < -0.39 is 0 Å². The van der Waals surface area contributed by atoms with Crippen molar-refractivity contribution in [3.63, 3.8) is 0 Å². The highest BCUT2D eigenvalue weighted by molar-refractivity contribution is 7.20. The third-order valence-corrected chi connectivity index (χ3v) is 1.60. The topological polar surface area (TPSA) is 32.3 Å². The third kappa shape index (κ3) is 2.22. The molecule has 0 radical (unpaired) electrons. The molecule has 0 saturated heterocycles. The fourth-order valence-corrected chi connectivity index (χ4v) is 1.09. The first-order valence-electron chi connectivity index (χ1n) is 2.91. The van der Waals surface area contributed by atoms with Crippen molar-refractivity contribution in [1.29, 1.82) is 0 Å². The zero-order valence-electron chi connectivity index (χ0n) is 5.08. The van der Waals surface area contributed by atoms with Crippen molar-refractivity contribution >= 4 is 8.61 Å². The van der Waals surface area contributed by atoms with E-state index in [9.17, 15) is 4.57 Å². The molecule has 0 saturated carbocycles. The highest BCUT2D eigenvalue weighted by atomic mass is 31.1. The normalized spacial score (nSPS) is 20.9. The van der Waals surface area contributed by atoms with Crippen LogP contribution in [-0.2, 0) is 4.57 Å². The maximum Gasteiger partial charge on any atom is 0.261 e. The summed E-state index contributed by atoms with van der Waals surface area (Å²) in [6.45, 7) is 1.81. The van der Waals surface area contributed by atoms with Crippen molar-refractivity contribution in [2.75, 3.05) is 13.1 Å². The maximum absolute atomic E-state index is 9.99. The van der Waals surface area contributed by atoms with Gasteiger partial charge in [0.15, 0.2) is 0 Å². The molecule has 50 valence electrons. The molecule has 9 heavy (non-hydrogen) atoms. The summed E-state index contributed by atoms with van der Waals surface area (Å²) in [5, 5.41) is 4.59. The molecule has 1 aliphatic rings. The molecular weight excluding hydrogens is 135 g/mol. The standard InChI is InChI=1S/C5H9N2OP/c8-9-6-7-4-2-1-3-5-7/h1-2H,3-5H2,(H,6,8). The van der Waals surface area contributed by atoms with Gasteiger partial charge in [-0.15, -0.1) is 0 Å². The molecule has 0 atom stereocenters. The van der Waals surface area contributed by atoms with E-state index >= 15 is 0 Å². The van der Waals surface area contributed by atoms with Crippen LogP contribution < -0.4 is 5.20 Å². The fraction of sp³-hybridized carbons (Fsp3) is 0.600. The Morgan fingerprint density at radius 3 is 3.00 bits per heavy atom. The Hall–Kier alpha value is -0.240. The number of hydrogen-bond acceptors (Lipinski definition) is 2. The van der Waals surface area contributed by atoms with Gasteiger partial charge in [0, 0.05) is 13.1 Å². The predicted octanol–water partition coefficient (Wildman–Crippen LogP) is 0.960. The van der Waals surface area contributed by atoms with E-state index in [-0.39, 0.29) is 8.61 Å². The van der Waals surface area contributed by atoms with Crippen molar-refractivity contribution in [3.05, 3.63) is 12.2 Å². The van der Waals surface area contributed by atoms with Gasteiger partial charge in [-0.05, 0) is 6.42 Å². The Kier molecular flexibility index (Phi) is 2.84. The second kappa shape index (κ2) is 3.72. The van der Waals surface area contributed by atoms with Crippen molar-refractivity contribution < 1.29 is 4.57 Å². The van der Waals surface area contributed by atoms with Crippen LogP contribution in [0.2, 0.25) is 0 Å². The van der Waals surface area contributed by atoms with Crippen molar-refractivity contribution in [2.45, 2.75) is 6.42 Å². The molecule has 0 bridgehead atoms. The number of hydrazine groups is 1. The molecule has 1 aliphatic heterocycles. The molecule has 1 N–H and O–H groups in total. The average Bonchev–Trinajstić information content (AvgIpc) is 1.91. The lowest BCUT2D eigenvalue weighted by molar-refractivity contribution is 0.269. The first-order valence-corrected chi connectivity index (χ1v) is 3.72. The quantitative estimate of drug-likeness (QED) is 0.462. The van der Waals surface area contributed by atoms with Gasteiger partial charge in [0.2, 0.25) is 0 Å². The van der Waals surface area contributed by atoms with E-state index in [2.05, 4.69) is 17.3 Å². The third-order valence-electron chi connectivity index (χ3n) is 1.24. The van der Waals surface area contributed by atoms with E-state index in [1.165, 1.54) is 0 Å². The van der Waals surface area contributed by atoms with Gasteiger partial charge in [0.05, 0.1) is 0 Å². The molecule has 0 spiro atoms. The number of hydrogen-bond donors (Lipinski definition) is 1. The Labute approximate surface area is 56.0 Å². The fourth-order valence-electron chi connectivity index (χ4n) is 0.790. The van der Waals surface area contributed by atoms with E-state index in [4.69, 9.17) is 0 Å². The first kappa shape index (κ1) is 6.87. The van der Waals surface area contributed by atoms with Crippen LogP contribution in [0.15, 0.2) is 12.2 Å². The second-order valence-electron chi connectivity index (χ2n) is 1.90. The minimum absolute atomic E-state index is 0.00957. The molecule has 1 rings (SSSR count). The Balaban J connectivity index is 2.26. The molecule has 0 aromatic heterocycles. The maximum atomic E-state index is 9.99. The lowest BCUT2D eigenvalue weighted by Gasteiger charge is -2.19. The summed E-state index contributed by atoms with van der Waals surface area (Å²) < 4.78 is 9.99. The summed E-state index contributed by atoms with van der Waals surface area (Å²) >= 11 is 0. The van der Waals surface area contributed by atoms with Crippen molar-refractivity contribution in [1.82, 2.24) is 10.2 Å². The summed E-state index contributed by atoms with van der Waals surface area (Å²) in [6, 6.07) is 0. The summed E-state index contributed by atoms with van der Waals surface area (Å²) in [5.41, 5.74) is 0. The van der Waals surface area contributed by atoms with E-state index in [1.54, 1.807) is 0 Å². The van der Waals surface area contributed by atoms with Crippen molar-refractivity contribution in [3.8, 4) is 0 Å². The zero-order valence-corrected chi connectivity index (χ0v) is 5.97. The van der Waals surface area contributed by atoms with Gasteiger partial charge in [0.1, 0.15) is 0 Å². The molecule has 4 heteroatoms. The Morgan fingerprint density at radius 2 is 2.44 bits per heavy atom. The van der Waals surface area contributed by atoms with E-state index in [0.29, 0.717) is 0 Å². The molecule has 0 aliphatic carbocycles. The molecule has 0 aromatic carbocycles. The number of nitrogens with zero attached hydrogens (tertiary/aromatic N) is 1. The van der Waals surface area contributed by atoms with Crippen LogP contribution >= 0.6 is 8.61 Å². The molecule has 0 fully saturated rings. The van der Waals surface area contributed by atoms with Gasteiger partial charge in [-0.2, -0.15) is 5.20 Å². The summed E-state index contributed by atoms with van der Waals surface area (Å²) in [7, 11) is -0.00957. The van der Waals surface area contributed by atoms with Crippen LogP contribution in [0.25, 0.3) is 0 Å². The molecule has 0 unspecified atom stereocenters. The van der Waals surface area contributed by atoms with Crippen LogP contribution in [0.4, 0.5) is 0 Å². The summed E-state index contributed by atoms with van der Waals surface area (Å²) in [4.78, 5) is 0. The van der Waals surface area contributed by atoms with Crippen LogP contribution in [0.5, 0.6) is 0 Å². The van der Waals surface area contributed by atoms with Crippen LogP contribution in [0.3, 0.4) is 0 Å². The Bertz CT molecular complexity index is 126. The summed E-state index contributed by atoms with van der Waals surface area (Å²) in [6.07, 6.45) is 5.23. The number of nitrogens with one attached hydrogen (secondary N) is 1. The molecule has 0 amide bonds. The highest BCUT2D eigenvalue weighted by Crippen LogP contribution is 1.99. The molecule has 1 heterocycles. The zero-order chi connectivity index (χ0) is 6.53. The lowest BCUT2D eigenvalue weighted by Crippen LogP contribution is -2.34. The van der Waals surface area contributed by atoms with Crippen LogP contribution in [0, 0.1) is 0 Å². The van der Waals surface area contributed by atoms with Gasteiger partial charge < -0.3 is 0 Å². The summed E-state index contributed by atoms with van der Waals surface area (Å²) in [5.74, 6) is 0. The van der Waals surface area contributed by atoms with E-state index in [0.717, 1.165) is 19.5 Å². The largest absolute Gasteiger partial charge is 0.261 e. The number of rotatable bonds is 2. The minimum atomic E-state index is -0.00957. The predicted molar refractivity (Wildman–Crippen MR) is 36.1 cm³/mol. The highest BCUT2D eigenvalue weighted by Gasteiger charge is 2.02. The second-order valence-corrected chi connectivity index (χ2v) is 2.28. The van der Waals surface area contributed by atoms with Gasteiger partial charge in [-0.1, -0.05) is 12.2 Å². The van der Waals surface area contributed by atoms with Gasteiger partial charge in [0.25, 0.3) is 8.61 Å². The molecule has 0 aromatic rings. The van der Waals surface area contributed by atoms with Crippen LogP contribution in [0.1, 0.15) is 6.42 Å². The molecule has 3 nitrogen and oxygen atoms in total. The van der Waals surface area contributed by atoms with Gasteiger partial charge in [-0.3, -0.25) is 4.57 Å². The Morgan fingerprint density at radius 1 is 1.56 bits per heavy atom. The smallest absolute Gasteiger partial charge is 0.255 e. The van der Waals surface area contributed by atoms with Crippen molar-refractivity contribution in [2.24, 2.45) is 0 Å². The first-order chi connectivity index (χ1) is 4.43. The van der Waals surface area contributed by atoms with Crippen LogP contribution in [-0.4, -0.2) is 18.1 Å². The van der Waals surface area contributed by atoms with Gasteiger partial charge >= 0.3 is 0 Å². The minimum Gasteiger partial charge on any atom is -0.255 e. The average molecular weight is 144 g/mol. The van der Waals surface area contributed by atoms with E-state index in [1.807, 2.05) is 5.01 Å². The monoisotopic (exact) mass is 144 g/mol. The lowest BCUT2D eigenvalue weighted by atomic mass is 10.3. The SMILES string of the molecule is O=PNN1CC=CCC1.